The standard InChI is InChI=1S/C12H8ClNO2S/c1-14-8(12(15)16)5-10-11(14)7-4-6(13)2-3-9(7)17-10/h2-5H,1H3,(H,15,16). The zero-order valence-corrected chi connectivity index (χ0v) is 10.5. The van der Waals surface area contributed by atoms with Crippen molar-refractivity contribution >= 4 is 49.2 Å². The van der Waals surface area contributed by atoms with Crippen LogP contribution in [0.2, 0.25) is 5.02 Å². The van der Waals surface area contributed by atoms with Gasteiger partial charge in [0, 0.05) is 22.2 Å². The lowest BCUT2D eigenvalue weighted by molar-refractivity contribution is 0.0687. The van der Waals surface area contributed by atoms with Crippen LogP contribution in [-0.2, 0) is 7.05 Å². The summed E-state index contributed by atoms with van der Waals surface area (Å²) in [6.07, 6.45) is 0. The van der Waals surface area contributed by atoms with E-state index >= 15 is 0 Å². The highest BCUT2D eigenvalue weighted by Gasteiger charge is 2.16. The van der Waals surface area contributed by atoms with Gasteiger partial charge in [0.15, 0.2) is 0 Å². The fourth-order valence-corrected chi connectivity index (χ4v) is 3.39. The van der Waals surface area contributed by atoms with E-state index in [4.69, 9.17) is 16.7 Å². The molecular weight excluding hydrogens is 258 g/mol. The molecule has 2 aromatic heterocycles. The van der Waals surface area contributed by atoms with Crippen molar-refractivity contribution in [3.05, 3.63) is 35.0 Å². The maximum absolute atomic E-state index is 11.1. The summed E-state index contributed by atoms with van der Waals surface area (Å²) in [6.45, 7) is 0. The second-order valence-corrected chi connectivity index (χ2v) is 5.37. The second kappa shape index (κ2) is 3.48. The van der Waals surface area contributed by atoms with E-state index < -0.39 is 5.97 Å². The van der Waals surface area contributed by atoms with E-state index in [-0.39, 0.29) is 0 Å². The molecule has 0 bridgehead atoms. The molecule has 0 aliphatic heterocycles. The van der Waals surface area contributed by atoms with Gasteiger partial charge in [0.1, 0.15) is 5.69 Å². The SMILES string of the molecule is Cn1c(C(=O)O)cc2sc3ccc(Cl)cc3c21. The number of benzene rings is 1. The number of thiophene rings is 1. The first-order valence-electron chi connectivity index (χ1n) is 4.98. The molecule has 0 amide bonds. The normalized spacial score (nSPS) is 11.4. The van der Waals surface area contributed by atoms with Gasteiger partial charge in [-0.25, -0.2) is 4.79 Å². The molecule has 0 spiro atoms. The molecule has 0 atom stereocenters. The van der Waals surface area contributed by atoms with Gasteiger partial charge < -0.3 is 9.67 Å². The van der Waals surface area contributed by atoms with E-state index in [2.05, 4.69) is 0 Å². The molecule has 17 heavy (non-hydrogen) atoms. The Balaban J connectivity index is 2.48. The third kappa shape index (κ3) is 1.45. The van der Waals surface area contributed by atoms with Crippen LogP contribution in [0.1, 0.15) is 10.5 Å². The van der Waals surface area contributed by atoms with Crippen LogP contribution in [0.25, 0.3) is 20.3 Å². The summed E-state index contributed by atoms with van der Waals surface area (Å²) in [7, 11) is 1.76. The summed E-state index contributed by atoms with van der Waals surface area (Å²) in [4.78, 5) is 11.1. The first-order valence-corrected chi connectivity index (χ1v) is 6.18. The van der Waals surface area contributed by atoms with Crippen molar-refractivity contribution in [1.82, 2.24) is 4.57 Å². The van der Waals surface area contributed by atoms with Gasteiger partial charge in [0.25, 0.3) is 0 Å². The molecule has 3 rings (SSSR count). The number of aromatic carboxylic acids is 1. The van der Waals surface area contributed by atoms with E-state index in [1.165, 1.54) is 0 Å². The summed E-state index contributed by atoms with van der Waals surface area (Å²) in [5, 5.41) is 10.7. The number of halogens is 1. The largest absolute Gasteiger partial charge is 0.477 e. The number of hydrogen-bond acceptors (Lipinski definition) is 2. The molecule has 0 fully saturated rings. The molecule has 0 unspecified atom stereocenters. The van der Waals surface area contributed by atoms with Crippen molar-refractivity contribution in [2.75, 3.05) is 0 Å². The molecule has 1 N–H and O–H groups in total. The smallest absolute Gasteiger partial charge is 0.352 e. The zero-order valence-electron chi connectivity index (χ0n) is 8.90. The molecule has 3 aromatic rings. The van der Waals surface area contributed by atoms with Crippen molar-refractivity contribution in [1.29, 1.82) is 0 Å². The molecule has 0 radical (unpaired) electrons. The number of carboxylic acid groups (broad SMARTS) is 1. The van der Waals surface area contributed by atoms with Gasteiger partial charge in [-0.1, -0.05) is 11.6 Å². The van der Waals surface area contributed by atoms with Crippen LogP contribution in [0.15, 0.2) is 24.3 Å². The Kier molecular flexibility index (Phi) is 2.18. The highest BCUT2D eigenvalue weighted by atomic mass is 35.5. The summed E-state index contributed by atoms with van der Waals surface area (Å²) in [5.74, 6) is -0.911. The molecule has 2 heterocycles. The van der Waals surface area contributed by atoms with E-state index in [1.54, 1.807) is 29.0 Å². The third-order valence-electron chi connectivity index (χ3n) is 2.83. The average Bonchev–Trinajstić information content (AvgIpc) is 2.76. The van der Waals surface area contributed by atoms with Crippen LogP contribution >= 0.6 is 22.9 Å². The second-order valence-electron chi connectivity index (χ2n) is 3.85. The van der Waals surface area contributed by atoms with Crippen LogP contribution in [-0.4, -0.2) is 15.6 Å². The molecule has 86 valence electrons. The number of carbonyl (C=O) groups is 1. The average molecular weight is 266 g/mol. The van der Waals surface area contributed by atoms with Crippen molar-refractivity contribution in [2.24, 2.45) is 7.05 Å². The summed E-state index contributed by atoms with van der Waals surface area (Å²) < 4.78 is 3.79. The Labute approximate surface area is 106 Å². The molecular formula is C12H8ClNO2S. The lowest BCUT2D eigenvalue weighted by Gasteiger charge is -1.99. The minimum atomic E-state index is -0.911. The lowest BCUT2D eigenvalue weighted by Crippen LogP contribution is -2.03. The molecule has 3 nitrogen and oxygen atoms in total. The fourth-order valence-electron chi connectivity index (χ4n) is 2.07. The molecule has 0 saturated carbocycles. The van der Waals surface area contributed by atoms with Crippen molar-refractivity contribution in [3.63, 3.8) is 0 Å². The minimum Gasteiger partial charge on any atom is -0.477 e. The number of rotatable bonds is 1. The summed E-state index contributed by atoms with van der Waals surface area (Å²) in [5.41, 5.74) is 1.23. The van der Waals surface area contributed by atoms with E-state index in [0.29, 0.717) is 10.7 Å². The Morgan fingerprint density at radius 1 is 1.35 bits per heavy atom. The van der Waals surface area contributed by atoms with Crippen molar-refractivity contribution in [3.8, 4) is 0 Å². The van der Waals surface area contributed by atoms with Crippen molar-refractivity contribution < 1.29 is 9.90 Å². The lowest BCUT2D eigenvalue weighted by atomic mass is 10.2. The summed E-state index contributed by atoms with van der Waals surface area (Å²) >= 11 is 7.56. The quantitative estimate of drug-likeness (QED) is 0.728. The number of fused-ring (bicyclic) bond motifs is 3. The maximum Gasteiger partial charge on any atom is 0.352 e. The Bertz CT molecular complexity index is 757. The number of carboxylic acids is 1. The third-order valence-corrected chi connectivity index (χ3v) is 4.18. The first-order chi connectivity index (χ1) is 8.08. The van der Waals surface area contributed by atoms with Crippen LogP contribution in [0.5, 0.6) is 0 Å². The van der Waals surface area contributed by atoms with E-state index in [1.807, 2.05) is 18.2 Å². The van der Waals surface area contributed by atoms with Crippen LogP contribution < -0.4 is 0 Å². The topological polar surface area (TPSA) is 42.2 Å². The zero-order chi connectivity index (χ0) is 12.2. The van der Waals surface area contributed by atoms with Crippen LogP contribution in [0, 0.1) is 0 Å². The fraction of sp³-hybridized carbons (Fsp3) is 0.0833. The molecule has 0 aliphatic carbocycles. The van der Waals surface area contributed by atoms with Crippen molar-refractivity contribution in [2.45, 2.75) is 0 Å². The molecule has 5 heteroatoms. The van der Waals surface area contributed by atoms with Gasteiger partial charge in [0.05, 0.1) is 10.2 Å². The van der Waals surface area contributed by atoms with Gasteiger partial charge in [-0.05, 0) is 24.3 Å². The predicted octanol–water partition coefficient (Wildman–Crippen LogP) is 3.74. The first kappa shape index (κ1) is 10.6. The van der Waals surface area contributed by atoms with Gasteiger partial charge >= 0.3 is 5.97 Å². The highest BCUT2D eigenvalue weighted by Crippen LogP contribution is 2.36. The van der Waals surface area contributed by atoms with Crippen LogP contribution in [0.4, 0.5) is 0 Å². The molecule has 0 saturated heterocycles. The monoisotopic (exact) mass is 265 g/mol. The number of hydrogen-bond donors (Lipinski definition) is 1. The molecule has 1 aromatic carbocycles. The van der Waals surface area contributed by atoms with Gasteiger partial charge in [0.2, 0.25) is 0 Å². The van der Waals surface area contributed by atoms with E-state index in [0.717, 1.165) is 20.3 Å². The Hall–Kier alpha value is -1.52. The maximum atomic E-state index is 11.1. The van der Waals surface area contributed by atoms with Gasteiger partial charge in [-0.15, -0.1) is 11.3 Å². The number of nitrogens with zero attached hydrogens (tertiary/aromatic N) is 1. The van der Waals surface area contributed by atoms with E-state index in [9.17, 15) is 4.79 Å². The molecule has 0 aliphatic rings. The van der Waals surface area contributed by atoms with Crippen LogP contribution in [0.3, 0.4) is 0 Å². The Morgan fingerprint density at radius 2 is 2.12 bits per heavy atom. The number of aryl methyl sites for hydroxylation is 1. The predicted molar refractivity (Wildman–Crippen MR) is 70.3 cm³/mol. The highest BCUT2D eigenvalue weighted by molar-refractivity contribution is 7.25. The Morgan fingerprint density at radius 3 is 2.82 bits per heavy atom. The summed E-state index contributed by atoms with van der Waals surface area (Å²) in [6, 6.07) is 7.39. The number of aromatic nitrogens is 1. The van der Waals surface area contributed by atoms with Gasteiger partial charge in [-0.2, -0.15) is 0 Å². The van der Waals surface area contributed by atoms with Gasteiger partial charge in [-0.3, -0.25) is 0 Å². The minimum absolute atomic E-state index is 0.299.